The standard InChI is InChI=1S/C22H28ClF3N4O4/c23-14-1-2-19-18(7-14)27-10-17(33-19)11-28-21(32)13-3-5-30(6-4-13)12-20(31)29-15-8-16(9-15)34-22(24,25)26/h1-2,7,13,15-17,27H,3-6,8-12H2,(H,28,32)(H,29,31). The van der Waals surface area contributed by atoms with E-state index >= 15 is 0 Å². The van der Waals surface area contributed by atoms with E-state index < -0.39 is 12.5 Å². The summed E-state index contributed by atoms with van der Waals surface area (Å²) in [5.74, 6) is 0.322. The highest BCUT2D eigenvalue weighted by Crippen LogP contribution is 2.32. The first-order valence-electron chi connectivity index (χ1n) is 11.4. The van der Waals surface area contributed by atoms with Crippen LogP contribution in [0.2, 0.25) is 5.02 Å². The summed E-state index contributed by atoms with van der Waals surface area (Å²) in [6.07, 6.45) is -4.13. The lowest BCUT2D eigenvalue weighted by Crippen LogP contribution is -2.52. The Kier molecular flexibility index (Phi) is 7.73. The minimum Gasteiger partial charge on any atom is -0.485 e. The predicted octanol–water partition coefficient (Wildman–Crippen LogP) is 2.52. The number of amides is 2. The Bertz CT molecular complexity index is 889. The number of likely N-dealkylation sites (tertiary alicyclic amines) is 1. The number of nitrogens with zero attached hydrogens (tertiary/aromatic N) is 1. The molecular formula is C22H28ClF3N4O4. The van der Waals surface area contributed by atoms with Gasteiger partial charge < -0.3 is 20.7 Å². The zero-order chi connectivity index (χ0) is 24.3. The van der Waals surface area contributed by atoms with Crippen molar-refractivity contribution in [3.63, 3.8) is 0 Å². The Morgan fingerprint density at radius 2 is 1.97 bits per heavy atom. The molecule has 1 aliphatic carbocycles. The fourth-order valence-electron chi connectivity index (χ4n) is 4.46. The molecule has 1 unspecified atom stereocenters. The van der Waals surface area contributed by atoms with Crippen molar-refractivity contribution in [2.75, 3.05) is 38.0 Å². The van der Waals surface area contributed by atoms with Crippen molar-refractivity contribution < 1.29 is 32.2 Å². The van der Waals surface area contributed by atoms with Crippen LogP contribution in [0.3, 0.4) is 0 Å². The van der Waals surface area contributed by atoms with Crippen molar-refractivity contribution in [1.82, 2.24) is 15.5 Å². The summed E-state index contributed by atoms with van der Waals surface area (Å²) in [7, 11) is 0. The molecule has 12 heteroatoms. The van der Waals surface area contributed by atoms with E-state index in [4.69, 9.17) is 16.3 Å². The molecule has 0 spiro atoms. The number of nitrogens with one attached hydrogen (secondary N) is 3. The smallest absolute Gasteiger partial charge is 0.485 e. The third-order valence-electron chi connectivity index (χ3n) is 6.35. The third-order valence-corrected chi connectivity index (χ3v) is 6.58. The molecule has 0 bridgehead atoms. The summed E-state index contributed by atoms with van der Waals surface area (Å²) in [5.41, 5.74) is 0.832. The number of piperidine rings is 1. The Morgan fingerprint density at radius 3 is 2.68 bits per heavy atom. The van der Waals surface area contributed by atoms with Crippen molar-refractivity contribution in [1.29, 1.82) is 0 Å². The molecule has 34 heavy (non-hydrogen) atoms. The second-order valence-corrected chi connectivity index (χ2v) is 9.41. The molecule has 3 N–H and O–H groups in total. The molecule has 2 aliphatic heterocycles. The molecule has 188 valence electrons. The quantitative estimate of drug-likeness (QED) is 0.528. The van der Waals surface area contributed by atoms with Gasteiger partial charge in [0, 0.05) is 17.0 Å². The molecule has 4 rings (SSSR count). The Balaban J connectivity index is 1.10. The van der Waals surface area contributed by atoms with Crippen molar-refractivity contribution in [2.24, 2.45) is 5.92 Å². The Labute approximate surface area is 200 Å². The maximum Gasteiger partial charge on any atom is 0.522 e. The van der Waals surface area contributed by atoms with Crippen LogP contribution in [0.1, 0.15) is 25.7 Å². The number of hydrogen-bond acceptors (Lipinski definition) is 6. The molecular weight excluding hydrogens is 477 g/mol. The number of rotatable bonds is 7. The minimum atomic E-state index is -4.64. The van der Waals surface area contributed by atoms with E-state index in [-0.39, 0.29) is 49.3 Å². The van der Waals surface area contributed by atoms with Gasteiger partial charge in [0.25, 0.3) is 0 Å². The first kappa shape index (κ1) is 24.9. The van der Waals surface area contributed by atoms with E-state index in [0.717, 1.165) is 5.69 Å². The highest BCUT2D eigenvalue weighted by molar-refractivity contribution is 6.30. The third kappa shape index (κ3) is 6.89. The fourth-order valence-corrected chi connectivity index (χ4v) is 4.63. The first-order valence-corrected chi connectivity index (χ1v) is 11.8. The predicted molar refractivity (Wildman–Crippen MR) is 119 cm³/mol. The van der Waals surface area contributed by atoms with E-state index in [2.05, 4.69) is 20.7 Å². The number of anilines is 1. The van der Waals surface area contributed by atoms with E-state index in [1.807, 2.05) is 4.90 Å². The Morgan fingerprint density at radius 1 is 1.24 bits per heavy atom. The minimum absolute atomic E-state index is 0.0280. The molecule has 2 fully saturated rings. The highest BCUT2D eigenvalue weighted by atomic mass is 35.5. The van der Waals surface area contributed by atoms with Crippen LogP contribution in [0.4, 0.5) is 18.9 Å². The van der Waals surface area contributed by atoms with Gasteiger partial charge in [0.1, 0.15) is 11.9 Å². The summed E-state index contributed by atoms with van der Waals surface area (Å²) >= 11 is 5.98. The SMILES string of the molecule is O=C(CN1CCC(C(=O)NCC2CNc3cc(Cl)ccc3O2)CC1)NC1CC(OC(F)(F)F)C1. The number of carbonyl (C=O) groups is 2. The van der Waals surface area contributed by atoms with E-state index in [1.54, 1.807) is 18.2 Å². The van der Waals surface area contributed by atoms with Crippen molar-refractivity contribution in [2.45, 2.75) is 50.3 Å². The number of halogens is 4. The number of benzene rings is 1. The normalized spacial score (nSPS) is 25.4. The molecule has 0 radical (unpaired) electrons. The summed E-state index contributed by atoms with van der Waals surface area (Å²) in [5, 5.41) is 9.58. The summed E-state index contributed by atoms with van der Waals surface area (Å²) in [6, 6.07) is 5.06. The molecule has 1 aromatic carbocycles. The average Bonchev–Trinajstić information content (AvgIpc) is 2.75. The van der Waals surface area contributed by atoms with Gasteiger partial charge in [-0.1, -0.05) is 11.6 Å². The van der Waals surface area contributed by atoms with Crippen molar-refractivity contribution >= 4 is 29.1 Å². The van der Waals surface area contributed by atoms with Crippen LogP contribution in [0.25, 0.3) is 0 Å². The lowest BCUT2D eigenvalue weighted by molar-refractivity contribution is -0.351. The first-order chi connectivity index (χ1) is 16.1. The lowest BCUT2D eigenvalue weighted by Gasteiger charge is -2.36. The van der Waals surface area contributed by atoms with E-state index in [9.17, 15) is 22.8 Å². The summed E-state index contributed by atoms with van der Waals surface area (Å²) in [6.45, 7) is 2.32. The number of carbonyl (C=O) groups excluding carboxylic acids is 2. The number of alkyl halides is 3. The molecule has 3 aliphatic rings. The van der Waals surface area contributed by atoms with E-state index in [1.165, 1.54) is 0 Å². The lowest BCUT2D eigenvalue weighted by atomic mass is 9.89. The summed E-state index contributed by atoms with van der Waals surface area (Å²) < 4.78 is 46.3. The molecule has 1 saturated heterocycles. The van der Waals surface area contributed by atoms with Gasteiger partial charge in [-0.2, -0.15) is 0 Å². The van der Waals surface area contributed by atoms with Crippen LogP contribution in [0, 0.1) is 5.92 Å². The van der Waals surface area contributed by atoms with Gasteiger partial charge in [0.2, 0.25) is 11.8 Å². The van der Waals surface area contributed by atoms with Gasteiger partial charge >= 0.3 is 6.36 Å². The van der Waals surface area contributed by atoms with Crippen LogP contribution < -0.4 is 20.7 Å². The van der Waals surface area contributed by atoms with Crippen molar-refractivity contribution in [3.8, 4) is 5.75 Å². The van der Waals surface area contributed by atoms with Crippen LogP contribution in [0.15, 0.2) is 18.2 Å². The zero-order valence-electron chi connectivity index (χ0n) is 18.5. The maximum atomic E-state index is 12.6. The molecule has 8 nitrogen and oxygen atoms in total. The average molecular weight is 505 g/mol. The van der Waals surface area contributed by atoms with Gasteiger partial charge in [-0.05, 0) is 57.0 Å². The molecule has 0 aromatic heterocycles. The van der Waals surface area contributed by atoms with Gasteiger partial charge in [-0.25, -0.2) is 0 Å². The number of fused-ring (bicyclic) bond motifs is 1. The molecule has 1 aromatic rings. The molecule has 1 atom stereocenters. The zero-order valence-corrected chi connectivity index (χ0v) is 19.3. The van der Waals surface area contributed by atoms with Gasteiger partial charge in [-0.15, -0.1) is 13.2 Å². The molecule has 2 amide bonds. The highest BCUT2D eigenvalue weighted by Gasteiger charge is 2.40. The molecule has 2 heterocycles. The van der Waals surface area contributed by atoms with Crippen molar-refractivity contribution in [3.05, 3.63) is 23.2 Å². The number of ether oxygens (including phenoxy) is 2. The second-order valence-electron chi connectivity index (χ2n) is 8.98. The van der Waals surface area contributed by atoms with Gasteiger partial charge in [0.15, 0.2) is 0 Å². The molecule has 1 saturated carbocycles. The monoisotopic (exact) mass is 504 g/mol. The van der Waals surface area contributed by atoms with Crippen LogP contribution in [-0.4, -0.2) is 74.1 Å². The number of hydrogen-bond donors (Lipinski definition) is 3. The largest absolute Gasteiger partial charge is 0.522 e. The van der Waals surface area contributed by atoms with Crippen LogP contribution in [-0.2, 0) is 14.3 Å². The second kappa shape index (κ2) is 10.6. The van der Waals surface area contributed by atoms with Crippen LogP contribution >= 0.6 is 11.6 Å². The Hall–Kier alpha value is -2.24. The topological polar surface area (TPSA) is 91.9 Å². The summed E-state index contributed by atoms with van der Waals surface area (Å²) in [4.78, 5) is 26.7. The van der Waals surface area contributed by atoms with Gasteiger partial charge in [0.05, 0.1) is 31.4 Å². The maximum absolute atomic E-state index is 12.6. The fraction of sp³-hybridized carbons (Fsp3) is 0.636. The van der Waals surface area contributed by atoms with Crippen LogP contribution in [0.5, 0.6) is 5.75 Å². The van der Waals surface area contributed by atoms with E-state index in [0.29, 0.717) is 49.8 Å². The van der Waals surface area contributed by atoms with Gasteiger partial charge in [-0.3, -0.25) is 19.2 Å².